The number of hydrogen-bond donors (Lipinski definition) is 0. The normalized spacial score (nSPS) is 11.1. The quantitative estimate of drug-likeness (QED) is 0.261. The van der Waals surface area contributed by atoms with Crippen molar-refractivity contribution in [2.75, 3.05) is 4.90 Å². The molecule has 0 fully saturated rings. The molecule has 2 aromatic heterocycles. The SMILES string of the molecule is Cc1ccc2nc(-c3ccc(N(C=O)c4c(-c5ccccc5Cl)noc4C)cc3)sc2c1. The summed E-state index contributed by atoms with van der Waals surface area (Å²) < 4.78 is 6.58. The van der Waals surface area contributed by atoms with Crippen LogP contribution in [0.3, 0.4) is 0 Å². The molecule has 0 aliphatic heterocycles. The van der Waals surface area contributed by atoms with Crippen molar-refractivity contribution >= 4 is 50.9 Å². The number of aromatic nitrogens is 2. The molecular formula is C25H18ClN3O2S. The summed E-state index contributed by atoms with van der Waals surface area (Å²) in [6, 6.07) is 21.3. The van der Waals surface area contributed by atoms with Gasteiger partial charge in [-0.2, -0.15) is 0 Å². The number of aryl methyl sites for hydroxylation is 2. The lowest BCUT2D eigenvalue weighted by molar-refractivity contribution is -0.106. The summed E-state index contributed by atoms with van der Waals surface area (Å²) in [6.07, 6.45) is 0.759. The molecule has 5 aromatic rings. The van der Waals surface area contributed by atoms with E-state index in [1.165, 1.54) is 10.5 Å². The van der Waals surface area contributed by atoms with Gasteiger partial charge in [0.1, 0.15) is 16.4 Å². The summed E-state index contributed by atoms with van der Waals surface area (Å²) in [5.41, 5.74) is 5.67. The fraction of sp³-hybridized carbons (Fsp3) is 0.0800. The van der Waals surface area contributed by atoms with E-state index in [1.807, 2.05) is 48.5 Å². The van der Waals surface area contributed by atoms with Crippen LogP contribution in [-0.4, -0.2) is 16.6 Å². The van der Waals surface area contributed by atoms with E-state index in [1.54, 1.807) is 24.3 Å². The highest BCUT2D eigenvalue weighted by Gasteiger charge is 2.23. The van der Waals surface area contributed by atoms with Gasteiger partial charge >= 0.3 is 0 Å². The van der Waals surface area contributed by atoms with Crippen molar-refractivity contribution < 1.29 is 9.32 Å². The van der Waals surface area contributed by atoms with Crippen molar-refractivity contribution in [3.63, 3.8) is 0 Å². The molecule has 32 heavy (non-hydrogen) atoms. The Hall–Kier alpha value is -3.48. The lowest BCUT2D eigenvalue weighted by Gasteiger charge is -2.18. The van der Waals surface area contributed by atoms with E-state index in [9.17, 15) is 4.79 Å². The van der Waals surface area contributed by atoms with E-state index in [-0.39, 0.29) is 0 Å². The number of carbonyl (C=O) groups is 1. The van der Waals surface area contributed by atoms with E-state index >= 15 is 0 Å². The first-order valence-electron chi connectivity index (χ1n) is 9.98. The average molecular weight is 460 g/mol. The summed E-state index contributed by atoms with van der Waals surface area (Å²) in [5, 5.41) is 5.64. The Balaban J connectivity index is 1.53. The molecule has 0 saturated carbocycles. The van der Waals surface area contributed by atoms with Crippen LogP contribution in [-0.2, 0) is 4.79 Å². The molecule has 0 unspecified atom stereocenters. The number of halogens is 1. The average Bonchev–Trinajstić information content (AvgIpc) is 3.39. The molecule has 0 N–H and O–H groups in total. The van der Waals surface area contributed by atoms with Crippen LogP contribution in [0.2, 0.25) is 5.02 Å². The summed E-state index contributed by atoms with van der Waals surface area (Å²) >= 11 is 8.02. The lowest BCUT2D eigenvalue weighted by atomic mass is 10.1. The highest BCUT2D eigenvalue weighted by molar-refractivity contribution is 7.21. The van der Waals surface area contributed by atoms with Crippen molar-refractivity contribution in [3.05, 3.63) is 83.1 Å². The summed E-state index contributed by atoms with van der Waals surface area (Å²) in [4.78, 5) is 18.4. The minimum atomic E-state index is 0.519. The van der Waals surface area contributed by atoms with Gasteiger partial charge in [0.15, 0.2) is 5.76 Å². The summed E-state index contributed by atoms with van der Waals surface area (Å²) in [6.45, 7) is 3.85. The van der Waals surface area contributed by atoms with Gasteiger partial charge in [-0.05, 0) is 61.9 Å². The molecule has 0 spiro atoms. The van der Waals surface area contributed by atoms with Crippen molar-refractivity contribution in [2.45, 2.75) is 13.8 Å². The van der Waals surface area contributed by atoms with Gasteiger partial charge in [0.2, 0.25) is 6.41 Å². The number of hydrogen-bond acceptors (Lipinski definition) is 5. The van der Waals surface area contributed by atoms with Crippen molar-refractivity contribution in [3.8, 4) is 21.8 Å². The molecule has 3 aromatic carbocycles. The first-order chi connectivity index (χ1) is 15.5. The largest absolute Gasteiger partial charge is 0.359 e. The molecule has 5 rings (SSSR count). The number of nitrogens with zero attached hydrogens (tertiary/aromatic N) is 3. The minimum absolute atomic E-state index is 0.519. The third-order valence-electron chi connectivity index (χ3n) is 5.24. The number of fused-ring (bicyclic) bond motifs is 1. The number of benzene rings is 3. The van der Waals surface area contributed by atoms with Gasteiger partial charge in [-0.3, -0.25) is 9.69 Å². The van der Waals surface area contributed by atoms with Crippen LogP contribution < -0.4 is 4.90 Å². The standard InChI is InChI=1S/C25H18ClN3O2S/c1-15-7-12-21-22(13-15)32-25(27-21)17-8-10-18(11-9-17)29(14-30)24-16(2)31-28-23(24)19-5-3-4-6-20(19)26/h3-14H,1-2H3. The molecule has 5 nitrogen and oxygen atoms in total. The van der Waals surface area contributed by atoms with Crippen LogP contribution in [0.5, 0.6) is 0 Å². The molecule has 0 aliphatic carbocycles. The summed E-state index contributed by atoms with van der Waals surface area (Å²) in [7, 11) is 0. The molecule has 0 saturated heterocycles. The number of amides is 1. The third kappa shape index (κ3) is 3.57. The Kier molecular flexibility index (Phi) is 5.25. The van der Waals surface area contributed by atoms with E-state index in [0.29, 0.717) is 33.4 Å². The number of anilines is 2. The first-order valence-corrected chi connectivity index (χ1v) is 11.2. The molecule has 2 heterocycles. The maximum Gasteiger partial charge on any atom is 0.218 e. The van der Waals surface area contributed by atoms with E-state index in [4.69, 9.17) is 21.1 Å². The monoisotopic (exact) mass is 459 g/mol. The van der Waals surface area contributed by atoms with E-state index < -0.39 is 0 Å². The molecule has 0 radical (unpaired) electrons. The second-order valence-electron chi connectivity index (χ2n) is 7.43. The third-order valence-corrected chi connectivity index (χ3v) is 6.64. The van der Waals surface area contributed by atoms with Crippen LogP contribution in [0.25, 0.3) is 32.0 Å². The summed E-state index contributed by atoms with van der Waals surface area (Å²) in [5.74, 6) is 0.526. The predicted octanol–water partition coefficient (Wildman–Crippen LogP) is 7.18. The predicted molar refractivity (Wildman–Crippen MR) is 130 cm³/mol. The van der Waals surface area contributed by atoms with Gasteiger partial charge in [0, 0.05) is 16.8 Å². The Morgan fingerprint density at radius 3 is 2.56 bits per heavy atom. The topological polar surface area (TPSA) is 59.2 Å². The van der Waals surface area contributed by atoms with Crippen LogP contribution in [0.1, 0.15) is 11.3 Å². The second kappa shape index (κ2) is 8.22. The van der Waals surface area contributed by atoms with Gasteiger partial charge in [-0.1, -0.05) is 41.0 Å². The van der Waals surface area contributed by atoms with Crippen LogP contribution in [0.4, 0.5) is 11.4 Å². The van der Waals surface area contributed by atoms with Gasteiger partial charge < -0.3 is 4.52 Å². The second-order valence-corrected chi connectivity index (χ2v) is 8.87. The molecule has 158 valence electrons. The van der Waals surface area contributed by atoms with Crippen LogP contribution in [0, 0.1) is 13.8 Å². The van der Waals surface area contributed by atoms with E-state index in [0.717, 1.165) is 27.2 Å². The van der Waals surface area contributed by atoms with Gasteiger partial charge in [-0.25, -0.2) is 4.98 Å². The minimum Gasteiger partial charge on any atom is -0.359 e. The zero-order chi connectivity index (χ0) is 22.2. The Labute approximate surface area is 193 Å². The molecule has 7 heteroatoms. The van der Waals surface area contributed by atoms with Gasteiger partial charge in [-0.15, -0.1) is 11.3 Å². The van der Waals surface area contributed by atoms with Crippen molar-refractivity contribution in [1.82, 2.24) is 10.1 Å². The fourth-order valence-electron chi connectivity index (χ4n) is 3.64. The lowest BCUT2D eigenvalue weighted by Crippen LogP contribution is -2.15. The number of rotatable bonds is 5. The van der Waals surface area contributed by atoms with Crippen LogP contribution >= 0.6 is 22.9 Å². The fourth-order valence-corrected chi connectivity index (χ4v) is 4.94. The Morgan fingerprint density at radius 2 is 1.81 bits per heavy atom. The number of carbonyl (C=O) groups excluding carboxylic acids is 1. The maximum absolute atomic E-state index is 12.1. The molecule has 0 aliphatic rings. The first kappa shape index (κ1) is 20.4. The molecule has 0 bridgehead atoms. The van der Waals surface area contributed by atoms with Gasteiger partial charge in [0.05, 0.1) is 15.2 Å². The van der Waals surface area contributed by atoms with Gasteiger partial charge in [0.25, 0.3) is 0 Å². The Morgan fingerprint density at radius 1 is 1.03 bits per heavy atom. The number of thiazole rings is 1. The maximum atomic E-state index is 12.1. The van der Waals surface area contributed by atoms with E-state index in [2.05, 4.69) is 24.2 Å². The van der Waals surface area contributed by atoms with Crippen molar-refractivity contribution in [1.29, 1.82) is 0 Å². The Bertz CT molecular complexity index is 1440. The van der Waals surface area contributed by atoms with Crippen LogP contribution in [0.15, 0.2) is 71.3 Å². The van der Waals surface area contributed by atoms with Crippen molar-refractivity contribution in [2.24, 2.45) is 0 Å². The highest BCUT2D eigenvalue weighted by atomic mass is 35.5. The molecular weight excluding hydrogens is 442 g/mol. The molecule has 0 atom stereocenters. The zero-order valence-corrected chi connectivity index (χ0v) is 18.9. The molecule has 1 amide bonds. The zero-order valence-electron chi connectivity index (χ0n) is 17.4. The highest BCUT2D eigenvalue weighted by Crippen LogP contribution is 2.40. The smallest absolute Gasteiger partial charge is 0.218 e.